The smallest absolute Gasteiger partial charge is 0.449 e. The van der Waals surface area contributed by atoms with Crippen LogP contribution in [-0.4, -0.2) is 81.7 Å². The average molecular weight is 442 g/mol. The molecule has 0 saturated carbocycles. The fraction of sp³-hybridized carbons (Fsp3) is 0.579. The Morgan fingerprint density at radius 1 is 1.23 bits per heavy atom. The Kier molecular flexibility index (Phi) is 6.98. The predicted molar refractivity (Wildman–Crippen MR) is 105 cm³/mol. The normalized spacial score (nSPS) is 16.4. The van der Waals surface area contributed by atoms with Gasteiger partial charge in [0.15, 0.2) is 5.65 Å². The molecule has 1 fully saturated rings. The first-order valence-electron chi connectivity index (χ1n) is 10.0. The number of nitrogens with one attached hydrogen (secondary N) is 1. The summed E-state index contributed by atoms with van der Waals surface area (Å²) in [4.78, 5) is 35.3. The maximum atomic E-state index is 13.4. The number of esters is 1. The summed E-state index contributed by atoms with van der Waals surface area (Å²) in [5.41, 5.74) is 0.396. The van der Waals surface area contributed by atoms with Gasteiger partial charge in [-0.3, -0.25) is 4.90 Å². The summed E-state index contributed by atoms with van der Waals surface area (Å²) in [7, 11) is 0. The van der Waals surface area contributed by atoms with Gasteiger partial charge in [-0.05, 0) is 26.0 Å². The van der Waals surface area contributed by atoms with Crippen molar-refractivity contribution in [1.29, 1.82) is 0 Å². The highest BCUT2D eigenvalue weighted by molar-refractivity contribution is 5.83. The zero-order chi connectivity index (χ0) is 22.6. The molecule has 1 aliphatic rings. The number of carbonyl (C=O) groups is 2. The molecule has 0 bridgehead atoms. The van der Waals surface area contributed by atoms with Crippen LogP contribution in [-0.2, 0) is 22.3 Å². The van der Waals surface area contributed by atoms with Crippen LogP contribution in [0.2, 0.25) is 0 Å². The standard InChI is InChI=1S/C19H25F3N6O3/c1-3-31-16(29)13(2)24-18(30)27-10-7-26(8-11-27)9-12-28-15-14(5-4-6-23-15)25-17(28)19(20,21)22/h4-6,13H,3,7-12H2,1-2H3,(H,24,30). The Morgan fingerprint density at radius 2 is 1.94 bits per heavy atom. The van der Waals surface area contributed by atoms with E-state index in [2.05, 4.69) is 15.3 Å². The predicted octanol–water partition coefficient (Wildman–Crippen LogP) is 1.73. The van der Waals surface area contributed by atoms with Crippen molar-refractivity contribution in [1.82, 2.24) is 29.7 Å². The van der Waals surface area contributed by atoms with Gasteiger partial charge < -0.3 is 19.5 Å². The number of hydrogen-bond donors (Lipinski definition) is 1. The molecule has 12 heteroatoms. The molecule has 0 spiro atoms. The molecule has 3 heterocycles. The van der Waals surface area contributed by atoms with Crippen molar-refractivity contribution >= 4 is 23.2 Å². The molecule has 1 N–H and O–H groups in total. The van der Waals surface area contributed by atoms with Crippen LogP contribution < -0.4 is 5.32 Å². The number of rotatable bonds is 6. The van der Waals surface area contributed by atoms with Crippen LogP contribution in [0, 0.1) is 0 Å². The first kappa shape index (κ1) is 22.8. The number of pyridine rings is 1. The van der Waals surface area contributed by atoms with E-state index < -0.39 is 24.0 Å². The lowest BCUT2D eigenvalue weighted by Crippen LogP contribution is -2.54. The van der Waals surface area contributed by atoms with Crippen molar-refractivity contribution in [3.8, 4) is 0 Å². The number of alkyl halides is 3. The van der Waals surface area contributed by atoms with E-state index in [0.717, 1.165) is 4.57 Å². The first-order valence-corrected chi connectivity index (χ1v) is 10.0. The van der Waals surface area contributed by atoms with Crippen molar-refractivity contribution in [2.75, 3.05) is 39.3 Å². The van der Waals surface area contributed by atoms with E-state index in [0.29, 0.717) is 32.7 Å². The van der Waals surface area contributed by atoms with Crippen LogP contribution >= 0.6 is 0 Å². The highest BCUT2D eigenvalue weighted by Gasteiger charge is 2.38. The summed E-state index contributed by atoms with van der Waals surface area (Å²) in [6, 6.07) is 1.92. The topological polar surface area (TPSA) is 92.6 Å². The van der Waals surface area contributed by atoms with Gasteiger partial charge in [-0.15, -0.1) is 0 Å². The summed E-state index contributed by atoms with van der Waals surface area (Å²) < 4.78 is 46.1. The van der Waals surface area contributed by atoms with Gasteiger partial charge in [-0.25, -0.2) is 19.6 Å². The maximum absolute atomic E-state index is 13.4. The third-order valence-corrected chi connectivity index (χ3v) is 5.04. The quantitative estimate of drug-likeness (QED) is 0.685. The van der Waals surface area contributed by atoms with E-state index in [1.165, 1.54) is 12.3 Å². The second kappa shape index (κ2) is 9.50. The molecule has 1 saturated heterocycles. The zero-order valence-corrected chi connectivity index (χ0v) is 17.4. The fourth-order valence-electron chi connectivity index (χ4n) is 3.41. The minimum atomic E-state index is -4.58. The SMILES string of the molecule is CCOC(=O)C(C)NC(=O)N1CCN(CCn2c(C(F)(F)F)nc3cccnc32)CC1. The largest absolute Gasteiger partial charge is 0.464 e. The molecule has 0 aliphatic carbocycles. The molecule has 2 amide bonds. The van der Waals surface area contributed by atoms with Gasteiger partial charge in [-0.1, -0.05) is 0 Å². The number of halogens is 3. The van der Waals surface area contributed by atoms with Gasteiger partial charge in [0.1, 0.15) is 11.6 Å². The molecular formula is C19H25F3N6O3. The lowest BCUT2D eigenvalue weighted by molar-refractivity contribution is -0.147. The number of amides is 2. The van der Waals surface area contributed by atoms with Gasteiger partial charge in [0.2, 0.25) is 5.82 Å². The van der Waals surface area contributed by atoms with Crippen molar-refractivity contribution < 1.29 is 27.5 Å². The van der Waals surface area contributed by atoms with Gasteiger partial charge in [0.05, 0.1) is 6.61 Å². The minimum absolute atomic E-state index is 0.0778. The average Bonchev–Trinajstić information content (AvgIpc) is 3.12. The molecule has 9 nitrogen and oxygen atoms in total. The summed E-state index contributed by atoms with van der Waals surface area (Å²) >= 11 is 0. The highest BCUT2D eigenvalue weighted by atomic mass is 19.4. The van der Waals surface area contributed by atoms with Crippen molar-refractivity contribution in [3.63, 3.8) is 0 Å². The number of imidazole rings is 1. The number of urea groups is 1. The van der Waals surface area contributed by atoms with Crippen molar-refractivity contribution in [3.05, 3.63) is 24.2 Å². The Bertz CT molecular complexity index is 924. The molecule has 2 aromatic rings. The van der Waals surface area contributed by atoms with Gasteiger partial charge in [0.25, 0.3) is 0 Å². The highest BCUT2D eigenvalue weighted by Crippen LogP contribution is 2.30. The summed E-state index contributed by atoms with van der Waals surface area (Å²) in [5.74, 6) is -1.47. The molecule has 1 unspecified atom stereocenters. The van der Waals surface area contributed by atoms with Gasteiger partial charge >= 0.3 is 18.2 Å². The molecule has 170 valence electrons. The van der Waals surface area contributed by atoms with Gasteiger partial charge in [-0.2, -0.15) is 13.2 Å². The molecule has 0 aromatic carbocycles. The third-order valence-electron chi connectivity index (χ3n) is 5.04. The molecule has 2 aromatic heterocycles. The van der Waals surface area contributed by atoms with Crippen LogP contribution in [0.25, 0.3) is 11.2 Å². The third kappa shape index (κ3) is 5.43. The molecule has 0 radical (unpaired) electrons. The summed E-state index contributed by atoms with van der Waals surface area (Å²) in [5, 5.41) is 2.60. The van der Waals surface area contributed by atoms with Crippen LogP contribution in [0.3, 0.4) is 0 Å². The van der Waals surface area contributed by atoms with Crippen LogP contribution in [0.4, 0.5) is 18.0 Å². The number of hydrogen-bond acceptors (Lipinski definition) is 6. The van der Waals surface area contributed by atoms with E-state index in [1.54, 1.807) is 24.8 Å². The second-order valence-electron chi connectivity index (χ2n) is 7.18. The number of aromatic nitrogens is 3. The van der Waals surface area contributed by atoms with E-state index in [1.807, 2.05) is 4.90 Å². The molecule has 3 rings (SSSR count). The van der Waals surface area contributed by atoms with Crippen LogP contribution in [0.1, 0.15) is 19.7 Å². The van der Waals surface area contributed by atoms with Gasteiger partial charge in [0, 0.05) is 45.5 Å². The Labute approximate surface area is 177 Å². The number of carbonyl (C=O) groups excluding carboxylic acids is 2. The van der Waals surface area contributed by atoms with E-state index in [9.17, 15) is 22.8 Å². The van der Waals surface area contributed by atoms with E-state index in [4.69, 9.17) is 4.74 Å². The zero-order valence-electron chi connectivity index (χ0n) is 17.4. The van der Waals surface area contributed by atoms with Crippen LogP contribution in [0.5, 0.6) is 0 Å². The Balaban J connectivity index is 1.55. The molecule has 31 heavy (non-hydrogen) atoms. The number of fused-ring (bicyclic) bond motifs is 1. The molecule has 1 aliphatic heterocycles. The summed E-state index contributed by atoms with van der Waals surface area (Å²) in [6.07, 6.45) is -3.14. The number of nitrogens with zero attached hydrogens (tertiary/aromatic N) is 5. The molecular weight excluding hydrogens is 417 g/mol. The van der Waals surface area contributed by atoms with Crippen LogP contribution in [0.15, 0.2) is 18.3 Å². The second-order valence-corrected chi connectivity index (χ2v) is 7.18. The minimum Gasteiger partial charge on any atom is -0.464 e. The van der Waals surface area contributed by atoms with E-state index in [-0.39, 0.29) is 30.3 Å². The lowest BCUT2D eigenvalue weighted by Gasteiger charge is -2.35. The number of piperazine rings is 1. The monoisotopic (exact) mass is 442 g/mol. The number of ether oxygens (including phenoxy) is 1. The molecule has 1 atom stereocenters. The van der Waals surface area contributed by atoms with Crippen molar-refractivity contribution in [2.45, 2.75) is 32.6 Å². The Hall–Kier alpha value is -2.89. The lowest BCUT2D eigenvalue weighted by atomic mass is 10.3. The first-order chi connectivity index (χ1) is 14.7. The maximum Gasteiger partial charge on any atom is 0.449 e. The van der Waals surface area contributed by atoms with Crippen molar-refractivity contribution in [2.24, 2.45) is 0 Å². The summed E-state index contributed by atoms with van der Waals surface area (Å²) in [6.45, 7) is 5.71. The fourth-order valence-corrected chi connectivity index (χ4v) is 3.41. The Morgan fingerprint density at radius 3 is 2.58 bits per heavy atom. The van der Waals surface area contributed by atoms with E-state index >= 15 is 0 Å².